The van der Waals surface area contributed by atoms with Crippen molar-refractivity contribution >= 4 is 5.96 Å². The smallest absolute Gasteiger partial charge is 0.191 e. The second-order valence-electron chi connectivity index (χ2n) is 7.54. The number of aliphatic imine (C=N–C) groups is 1. The lowest BCUT2D eigenvalue weighted by atomic mass is 9.72. The molecule has 3 N–H and O–H groups in total. The van der Waals surface area contributed by atoms with Gasteiger partial charge in [0.05, 0.1) is 13.2 Å². The number of nitrogens with zero attached hydrogens (tertiary/aromatic N) is 1. The Labute approximate surface area is 164 Å². The van der Waals surface area contributed by atoms with Crippen molar-refractivity contribution in [3.05, 3.63) is 35.4 Å². The average Bonchev–Trinajstić information content (AvgIpc) is 2.70. The number of aliphatic hydroxyl groups is 1. The maximum atomic E-state index is 9.50. The lowest BCUT2D eigenvalue weighted by Gasteiger charge is -2.37. The number of hydrogen-bond donors (Lipinski definition) is 3. The second kappa shape index (κ2) is 12.0. The van der Waals surface area contributed by atoms with Crippen molar-refractivity contribution in [3.63, 3.8) is 0 Å². The third kappa shape index (κ3) is 7.51. The molecule has 5 nitrogen and oxygen atoms in total. The molecule has 0 heterocycles. The van der Waals surface area contributed by atoms with Gasteiger partial charge in [-0.15, -0.1) is 0 Å². The fraction of sp³-hybridized carbons (Fsp3) is 0.682. The van der Waals surface area contributed by atoms with Gasteiger partial charge in [0.2, 0.25) is 0 Å². The Kier molecular flexibility index (Phi) is 9.64. The number of nitrogens with one attached hydrogen (secondary N) is 2. The Morgan fingerprint density at radius 2 is 1.78 bits per heavy atom. The number of aliphatic hydroxyl groups excluding tert-OH is 1. The molecule has 5 heteroatoms. The lowest BCUT2D eigenvalue weighted by molar-refractivity contribution is 0.131. The Balaban J connectivity index is 1.92. The van der Waals surface area contributed by atoms with Gasteiger partial charge < -0.3 is 20.5 Å². The van der Waals surface area contributed by atoms with Crippen LogP contribution in [0.15, 0.2) is 29.3 Å². The third-order valence-corrected chi connectivity index (χ3v) is 5.45. The van der Waals surface area contributed by atoms with Crippen molar-refractivity contribution in [1.29, 1.82) is 0 Å². The summed E-state index contributed by atoms with van der Waals surface area (Å²) in [5, 5.41) is 16.4. The highest BCUT2D eigenvalue weighted by Crippen LogP contribution is 2.38. The number of hydrogen-bond acceptors (Lipinski definition) is 3. The first-order valence-electron chi connectivity index (χ1n) is 10.5. The molecular weight excluding hydrogens is 338 g/mol. The summed E-state index contributed by atoms with van der Waals surface area (Å²) in [6.45, 7) is 8.14. The Bertz CT molecular complexity index is 546. The molecule has 0 saturated heterocycles. The second-order valence-corrected chi connectivity index (χ2v) is 7.54. The van der Waals surface area contributed by atoms with Crippen LogP contribution >= 0.6 is 0 Å². The number of benzene rings is 1. The SMILES string of the molecule is CCNC(=NCc1ccc(COCC)cc1)NCC1(CCO)CCCCC1. The number of rotatable bonds is 10. The van der Waals surface area contributed by atoms with E-state index in [0.29, 0.717) is 13.2 Å². The van der Waals surface area contributed by atoms with E-state index in [9.17, 15) is 5.11 Å². The van der Waals surface area contributed by atoms with E-state index in [0.717, 1.165) is 32.1 Å². The van der Waals surface area contributed by atoms with Gasteiger partial charge in [-0.1, -0.05) is 43.5 Å². The molecule has 1 aliphatic rings. The van der Waals surface area contributed by atoms with Crippen LogP contribution in [0.25, 0.3) is 0 Å². The average molecular weight is 376 g/mol. The van der Waals surface area contributed by atoms with Gasteiger partial charge in [-0.2, -0.15) is 0 Å². The molecule has 1 saturated carbocycles. The maximum absolute atomic E-state index is 9.50. The molecule has 1 aromatic carbocycles. The highest BCUT2D eigenvalue weighted by molar-refractivity contribution is 5.79. The molecule has 0 atom stereocenters. The predicted octanol–water partition coefficient (Wildman–Crippen LogP) is 3.61. The maximum Gasteiger partial charge on any atom is 0.191 e. The van der Waals surface area contributed by atoms with E-state index in [1.54, 1.807) is 0 Å². The van der Waals surface area contributed by atoms with Gasteiger partial charge in [0.25, 0.3) is 0 Å². The van der Waals surface area contributed by atoms with Gasteiger partial charge in [-0.05, 0) is 49.7 Å². The van der Waals surface area contributed by atoms with Gasteiger partial charge in [-0.3, -0.25) is 0 Å². The van der Waals surface area contributed by atoms with Gasteiger partial charge in [-0.25, -0.2) is 4.99 Å². The minimum atomic E-state index is 0.212. The normalized spacial score (nSPS) is 16.9. The summed E-state index contributed by atoms with van der Waals surface area (Å²) >= 11 is 0. The Morgan fingerprint density at radius 1 is 1.07 bits per heavy atom. The summed E-state index contributed by atoms with van der Waals surface area (Å²) in [5.41, 5.74) is 2.59. The highest BCUT2D eigenvalue weighted by atomic mass is 16.5. The van der Waals surface area contributed by atoms with Gasteiger partial charge in [0.15, 0.2) is 5.96 Å². The minimum absolute atomic E-state index is 0.212. The summed E-state index contributed by atoms with van der Waals surface area (Å²) in [5.74, 6) is 0.860. The molecule has 1 fully saturated rings. The van der Waals surface area contributed by atoms with Gasteiger partial charge in [0, 0.05) is 26.3 Å². The van der Waals surface area contributed by atoms with Crippen LogP contribution in [0.2, 0.25) is 0 Å². The molecule has 152 valence electrons. The monoisotopic (exact) mass is 375 g/mol. The van der Waals surface area contributed by atoms with E-state index < -0.39 is 0 Å². The van der Waals surface area contributed by atoms with Crippen molar-refractivity contribution in [2.24, 2.45) is 10.4 Å². The molecule has 0 aromatic heterocycles. The van der Waals surface area contributed by atoms with Crippen LogP contribution in [0.1, 0.15) is 63.5 Å². The summed E-state index contributed by atoms with van der Waals surface area (Å²) in [6, 6.07) is 8.46. The Morgan fingerprint density at radius 3 is 2.41 bits per heavy atom. The van der Waals surface area contributed by atoms with E-state index in [-0.39, 0.29) is 12.0 Å². The van der Waals surface area contributed by atoms with Crippen molar-refractivity contribution < 1.29 is 9.84 Å². The molecule has 0 spiro atoms. The molecule has 0 radical (unpaired) electrons. The Hall–Kier alpha value is -1.59. The molecule has 0 amide bonds. The molecule has 1 aromatic rings. The zero-order chi connectivity index (χ0) is 19.4. The first kappa shape index (κ1) is 21.7. The van der Waals surface area contributed by atoms with Crippen molar-refractivity contribution in [2.75, 3.05) is 26.3 Å². The summed E-state index contributed by atoms with van der Waals surface area (Å²) in [4.78, 5) is 4.75. The molecule has 0 aliphatic heterocycles. The largest absolute Gasteiger partial charge is 0.396 e. The van der Waals surface area contributed by atoms with E-state index in [4.69, 9.17) is 9.73 Å². The van der Waals surface area contributed by atoms with Gasteiger partial charge >= 0.3 is 0 Å². The molecule has 2 rings (SSSR count). The molecular formula is C22H37N3O2. The van der Waals surface area contributed by atoms with Crippen molar-refractivity contribution in [2.45, 2.75) is 65.5 Å². The number of ether oxygens (including phenoxy) is 1. The van der Waals surface area contributed by atoms with Crippen LogP contribution in [-0.2, 0) is 17.9 Å². The van der Waals surface area contributed by atoms with E-state index in [2.05, 4.69) is 41.8 Å². The minimum Gasteiger partial charge on any atom is -0.396 e. The first-order valence-corrected chi connectivity index (χ1v) is 10.5. The summed E-state index contributed by atoms with van der Waals surface area (Å²) < 4.78 is 5.44. The van der Waals surface area contributed by atoms with Crippen LogP contribution in [-0.4, -0.2) is 37.4 Å². The molecule has 1 aliphatic carbocycles. The van der Waals surface area contributed by atoms with Crippen LogP contribution in [0.3, 0.4) is 0 Å². The van der Waals surface area contributed by atoms with Crippen molar-refractivity contribution in [1.82, 2.24) is 10.6 Å². The van der Waals surface area contributed by atoms with Gasteiger partial charge in [0.1, 0.15) is 0 Å². The molecule has 0 bridgehead atoms. The number of guanidine groups is 1. The van der Waals surface area contributed by atoms with Crippen LogP contribution < -0.4 is 10.6 Å². The summed E-state index contributed by atoms with van der Waals surface area (Å²) in [7, 11) is 0. The third-order valence-electron chi connectivity index (χ3n) is 5.45. The zero-order valence-electron chi connectivity index (χ0n) is 17.1. The van der Waals surface area contributed by atoms with Crippen LogP contribution in [0, 0.1) is 5.41 Å². The van der Waals surface area contributed by atoms with Crippen molar-refractivity contribution in [3.8, 4) is 0 Å². The molecule has 0 unspecified atom stereocenters. The predicted molar refractivity (Wildman–Crippen MR) is 112 cm³/mol. The molecule has 27 heavy (non-hydrogen) atoms. The topological polar surface area (TPSA) is 65.9 Å². The fourth-order valence-corrected chi connectivity index (χ4v) is 3.80. The quantitative estimate of drug-likeness (QED) is 0.432. The first-order chi connectivity index (χ1) is 13.2. The van der Waals surface area contributed by atoms with Crippen LogP contribution in [0.4, 0.5) is 0 Å². The highest BCUT2D eigenvalue weighted by Gasteiger charge is 2.31. The van der Waals surface area contributed by atoms with Crippen LogP contribution in [0.5, 0.6) is 0 Å². The zero-order valence-corrected chi connectivity index (χ0v) is 17.1. The fourth-order valence-electron chi connectivity index (χ4n) is 3.80. The van der Waals surface area contributed by atoms with E-state index in [1.165, 1.54) is 43.2 Å². The van der Waals surface area contributed by atoms with E-state index >= 15 is 0 Å². The standard InChI is InChI=1S/C22H37N3O2/c1-3-23-21(25-18-22(14-15-26)12-6-5-7-13-22)24-16-19-8-10-20(11-9-19)17-27-4-2/h8-11,26H,3-7,12-18H2,1-2H3,(H2,23,24,25). The lowest BCUT2D eigenvalue weighted by Crippen LogP contribution is -2.44. The summed E-state index contributed by atoms with van der Waals surface area (Å²) in [6.07, 6.45) is 7.12. The van der Waals surface area contributed by atoms with E-state index in [1.807, 2.05) is 6.92 Å².